The Morgan fingerprint density at radius 1 is 1.30 bits per heavy atom. The molecule has 0 fully saturated rings. The van der Waals surface area contributed by atoms with Gasteiger partial charge in [0.05, 0.1) is 0 Å². The van der Waals surface area contributed by atoms with Gasteiger partial charge in [0.15, 0.2) is 0 Å². The average molecular weight is 140 g/mol. The Kier molecular flexibility index (Phi) is 8.11. The first-order valence-electron chi connectivity index (χ1n) is 3.93. The van der Waals surface area contributed by atoms with Gasteiger partial charge in [0, 0.05) is 19.6 Å². The number of hydrogen-bond acceptors (Lipinski definition) is 1. The minimum absolute atomic E-state index is 0.829. The molecule has 0 radical (unpaired) electrons. The highest BCUT2D eigenvalue weighted by atomic mass is 16.5. The quantitative estimate of drug-likeness (QED) is 0.406. The summed E-state index contributed by atoms with van der Waals surface area (Å²) < 4.78 is 5.16. The van der Waals surface area contributed by atoms with E-state index in [1.54, 1.807) is 0 Å². The molecule has 1 heteroatoms. The summed E-state index contributed by atoms with van der Waals surface area (Å²) in [6.07, 6.45) is 9.49. The predicted molar refractivity (Wildman–Crippen MR) is 43.8 cm³/mol. The van der Waals surface area contributed by atoms with Crippen molar-refractivity contribution in [2.45, 2.75) is 32.6 Å². The van der Waals surface area contributed by atoms with E-state index in [1.807, 2.05) is 6.92 Å². The third-order valence-electron chi connectivity index (χ3n) is 1.31. The van der Waals surface area contributed by atoms with Crippen molar-refractivity contribution in [1.29, 1.82) is 0 Å². The monoisotopic (exact) mass is 140 g/mol. The Hall–Kier alpha value is -0.480. The number of ether oxygens (including phenoxy) is 1. The molecule has 0 aromatic carbocycles. The summed E-state index contributed by atoms with van der Waals surface area (Å²) in [4.78, 5) is 0. The van der Waals surface area contributed by atoms with Crippen LogP contribution in [0.25, 0.3) is 0 Å². The van der Waals surface area contributed by atoms with Gasteiger partial charge in [-0.15, -0.1) is 12.3 Å². The van der Waals surface area contributed by atoms with Gasteiger partial charge in [0.1, 0.15) is 0 Å². The lowest BCUT2D eigenvalue weighted by Gasteiger charge is -1.98. The topological polar surface area (TPSA) is 9.23 Å². The molecule has 0 atom stereocenters. The number of terminal acetylenes is 1. The summed E-state index contributed by atoms with van der Waals surface area (Å²) >= 11 is 0. The maximum absolute atomic E-state index is 5.16. The zero-order chi connectivity index (χ0) is 7.66. The first kappa shape index (κ1) is 9.52. The largest absolute Gasteiger partial charge is 0.382 e. The average Bonchev–Trinajstić information content (AvgIpc) is 1.97. The minimum atomic E-state index is 0.829. The summed E-state index contributed by atoms with van der Waals surface area (Å²) in [6.45, 7) is 3.73. The van der Waals surface area contributed by atoms with E-state index in [9.17, 15) is 0 Å². The molecule has 58 valence electrons. The van der Waals surface area contributed by atoms with Crippen LogP contribution in [0.2, 0.25) is 0 Å². The smallest absolute Gasteiger partial charge is 0.0465 e. The van der Waals surface area contributed by atoms with Crippen molar-refractivity contribution < 1.29 is 4.74 Å². The highest BCUT2D eigenvalue weighted by Gasteiger charge is 1.86. The van der Waals surface area contributed by atoms with E-state index >= 15 is 0 Å². The normalized spacial score (nSPS) is 9.20. The first-order chi connectivity index (χ1) is 4.91. The van der Waals surface area contributed by atoms with Crippen molar-refractivity contribution in [3.8, 4) is 12.3 Å². The summed E-state index contributed by atoms with van der Waals surface area (Å²) in [6, 6.07) is 0. The van der Waals surface area contributed by atoms with Gasteiger partial charge in [-0.3, -0.25) is 0 Å². The maximum Gasteiger partial charge on any atom is 0.0465 e. The van der Waals surface area contributed by atoms with Gasteiger partial charge < -0.3 is 4.74 Å². The van der Waals surface area contributed by atoms with Gasteiger partial charge in [-0.05, 0) is 19.8 Å². The number of unbranched alkanes of at least 4 members (excludes halogenated alkanes) is 3. The van der Waals surface area contributed by atoms with Gasteiger partial charge in [0.2, 0.25) is 0 Å². The predicted octanol–water partition coefficient (Wildman–Crippen LogP) is 2.22. The van der Waals surface area contributed by atoms with E-state index in [-0.39, 0.29) is 0 Å². The van der Waals surface area contributed by atoms with Gasteiger partial charge in [-0.2, -0.15) is 0 Å². The lowest BCUT2D eigenvalue weighted by atomic mass is 10.2. The van der Waals surface area contributed by atoms with Crippen molar-refractivity contribution in [1.82, 2.24) is 0 Å². The Balaban J connectivity index is 2.72. The van der Waals surface area contributed by atoms with Crippen LogP contribution in [0.3, 0.4) is 0 Å². The molecular formula is C9H16O. The summed E-state index contributed by atoms with van der Waals surface area (Å²) in [5.41, 5.74) is 0. The molecular weight excluding hydrogens is 124 g/mol. The van der Waals surface area contributed by atoms with Gasteiger partial charge in [-0.1, -0.05) is 6.42 Å². The molecule has 0 amide bonds. The SMILES string of the molecule is C#CCCCCCOCC. The first-order valence-corrected chi connectivity index (χ1v) is 3.93. The second-order valence-electron chi connectivity index (χ2n) is 2.21. The molecule has 0 bridgehead atoms. The zero-order valence-electron chi connectivity index (χ0n) is 6.73. The Bertz CT molecular complexity index is 91.4. The highest BCUT2D eigenvalue weighted by Crippen LogP contribution is 1.98. The van der Waals surface area contributed by atoms with Gasteiger partial charge in [0.25, 0.3) is 0 Å². The molecule has 1 nitrogen and oxygen atoms in total. The van der Waals surface area contributed by atoms with Crippen LogP contribution in [-0.4, -0.2) is 13.2 Å². The van der Waals surface area contributed by atoms with Crippen molar-refractivity contribution in [3.63, 3.8) is 0 Å². The van der Waals surface area contributed by atoms with E-state index < -0.39 is 0 Å². The van der Waals surface area contributed by atoms with Crippen LogP contribution in [0.1, 0.15) is 32.6 Å². The molecule has 0 aliphatic heterocycles. The van der Waals surface area contributed by atoms with Crippen LogP contribution >= 0.6 is 0 Å². The van der Waals surface area contributed by atoms with Crippen LogP contribution in [0, 0.1) is 12.3 Å². The molecule has 0 rings (SSSR count). The standard InChI is InChI=1S/C9H16O/c1-3-5-6-7-8-9-10-4-2/h1H,4-9H2,2H3. The van der Waals surface area contributed by atoms with E-state index in [1.165, 1.54) is 6.42 Å². The van der Waals surface area contributed by atoms with Crippen LogP contribution < -0.4 is 0 Å². The Morgan fingerprint density at radius 3 is 2.70 bits per heavy atom. The molecule has 0 aromatic heterocycles. The second kappa shape index (κ2) is 8.52. The van der Waals surface area contributed by atoms with Crippen molar-refractivity contribution in [3.05, 3.63) is 0 Å². The molecule has 0 aliphatic carbocycles. The fraction of sp³-hybridized carbons (Fsp3) is 0.778. The van der Waals surface area contributed by atoms with Crippen LogP contribution in [-0.2, 0) is 4.74 Å². The van der Waals surface area contributed by atoms with E-state index in [0.717, 1.165) is 32.5 Å². The molecule has 0 unspecified atom stereocenters. The summed E-state index contributed by atoms with van der Waals surface area (Å²) in [5.74, 6) is 2.62. The number of rotatable bonds is 6. The minimum Gasteiger partial charge on any atom is -0.382 e. The third kappa shape index (κ3) is 7.52. The van der Waals surface area contributed by atoms with Crippen LogP contribution in [0.15, 0.2) is 0 Å². The van der Waals surface area contributed by atoms with E-state index in [4.69, 9.17) is 11.2 Å². The molecule has 0 spiro atoms. The number of hydrogen-bond donors (Lipinski definition) is 0. The maximum atomic E-state index is 5.16. The Morgan fingerprint density at radius 2 is 2.10 bits per heavy atom. The van der Waals surface area contributed by atoms with Crippen LogP contribution in [0.4, 0.5) is 0 Å². The van der Waals surface area contributed by atoms with Gasteiger partial charge >= 0.3 is 0 Å². The third-order valence-corrected chi connectivity index (χ3v) is 1.31. The fourth-order valence-corrected chi connectivity index (χ4v) is 0.752. The summed E-state index contributed by atoms with van der Waals surface area (Å²) in [7, 11) is 0. The molecule has 0 saturated carbocycles. The lowest BCUT2D eigenvalue weighted by Crippen LogP contribution is -1.92. The Labute approximate surface area is 63.8 Å². The lowest BCUT2D eigenvalue weighted by molar-refractivity contribution is 0.143. The highest BCUT2D eigenvalue weighted by molar-refractivity contribution is 4.82. The van der Waals surface area contributed by atoms with E-state index in [2.05, 4.69) is 5.92 Å². The molecule has 10 heavy (non-hydrogen) atoms. The van der Waals surface area contributed by atoms with Gasteiger partial charge in [-0.25, -0.2) is 0 Å². The van der Waals surface area contributed by atoms with Crippen molar-refractivity contribution in [2.75, 3.05) is 13.2 Å². The molecule has 0 saturated heterocycles. The van der Waals surface area contributed by atoms with Crippen molar-refractivity contribution in [2.24, 2.45) is 0 Å². The zero-order valence-corrected chi connectivity index (χ0v) is 6.73. The van der Waals surface area contributed by atoms with E-state index in [0.29, 0.717) is 0 Å². The van der Waals surface area contributed by atoms with Crippen molar-refractivity contribution >= 4 is 0 Å². The molecule has 0 heterocycles. The molecule has 0 aliphatic rings. The second-order valence-corrected chi connectivity index (χ2v) is 2.21. The molecule has 0 N–H and O–H groups in total. The fourth-order valence-electron chi connectivity index (χ4n) is 0.752. The van der Waals surface area contributed by atoms with Crippen LogP contribution in [0.5, 0.6) is 0 Å². The summed E-state index contributed by atoms with van der Waals surface area (Å²) in [5, 5.41) is 0. The molecule has 0 aromatic rings.